The summed E-state index contributed by atoms with van der Waals surface area (Å²) in [6.07, 6.45) is 0.167. The first kappa shape index (κ1) is 19.4. The summed E-state index contributed by atoms with van der Waals surface area (Å²) in [4.78, 5) is 39.3. The molecule has 0 unspecified atom stereocenters. The Hall–Kier alpha value is -1.96. The van der Waals surface area contributed by atoms with Gasteiger partial charge in [0.2, 0.25) is 5.91 Å². The number of amides is 3. The van der Waals surface area contributed by atoms with Gasteiger partial charge in [0.25, 0.3) is 0 Å². The van der Waals surface area contributed by atoms with E-state index in [0.717, 1.165) is 0 Å². The van der Waals surface area contributed by atoms with Crippen LogP contribution >= 0.6 is 15.9 Å². The molecular formula is C17H21BrFN3O3. The second kappa shape index (κ2) is 8.42. The molecule has 0 spiro atoms. The molecule has 1 saturated heterocycles. The standard InChI is InChI=1S/C17H21BrFN3O3/c1-11(2)20-16(24)17(25)22-7-5-21(6-8-22)15(23)10-12-3-4-14(19)13(18)9-12/h3-4,9,11H,5-8,10H2,1-2H3,(H,20,24). The molecule has 0 atom stereocenters. The summed E-state index contributed by atoms with van der Waals surface area (Å²) in [5.41, 5.74) is 0.716. The third kappa shape index (κ3) is 5.26. The van der Waals surface area contributed by atoms with Gasteiger partial charge in [0.1, 0.15) is 5.82 Å². The predicted molar refractivity (Wildman–Crippen MR) is 94.2 cm³/mol. The van der Waals surface area contributed by atoms with Gasteiger partial charge < -0.3 is 15.1 Å². The van der Waals surface area contributed by atoms with E-state index in [2.05, 4.69) is 21.2 Å². The Morgan fingerprint density at radius 3 is 2.32 bits per heavy atom. The van der Waals surface area contributed by atoms with Crippen LogP contribution in [-0.4, -0.2) is 59.7 Å². The molecule has 1 heterocycles. The van der Waals surface area contributed by atoms with Gasteiger partial charge in [-0.2, -0.15) is 0 Å². The first-order chi connectivity index (χ1) is 11.8. The fraction of sp³-hybridized carbons (Fsp3) is 0.471. The van der Waals surface area contributed by atoms with Crippen LogP contribution in [0.25, 0.3) is 0 Å². The maximum atomic E-state index is 13.2. The van der Waals surface area contributed by atoms with Crippen molar-refractivity contribution < 1.29 is 18.8 Å². The minimum absolute atomic E-state index is 0.0859. The minimum atomic E-state index is -0.620. The Morgan fingerprint density at radius 1 is 1.16 bits per heavy atom. The van der Waals surface area contributed by atoms with Crippen LogP contribution in [0.2, 0.25) is 0 Å². The van der Waals surface area contributed by atoms with Crippen molar-refractivity contribution in [3.05, 3.63) is 34.1 Å². The number of hydrogen-bond acceptors (Lipinski definition) is 3. The smallest absolute Gasteiger partial charge is 0.312 e. The van der Waals surface area contributed by atoms with E-state index in [1.807, 2.05) is 0 Å². The SMILES string of the molecule is CC(C)NC(=O)C(=O)N1CCN(C(=O)Cc2ccc(F)c(Br)c2)CC1. The van der Waals surface area contributed by atoms with Gasteiger partial charge in [-0.25, -0.2) is 4.39 Å². The van der Waals surface area contributed by atoms with Crippen LogP contribution < -0.4 is 5.32 Å². The van der Waals surface area contributed by atoms with E-state index in [4.69, 9.17) is 0 Å². The van der Waals surface area contributed by atoms with Gasteiger partial charge in [0.05, 0.1) is 10.9 Å². The van der Waals surface area contributed by atoms with E-state index in [1.165, 1.54) is 11.0 Å². The molecule has 2 rings (SSSR count). The molecule has 1 aliphatic rings. The van der Waals surface area contributed by atoms with E-state index in [0.29, 0.717) is 36.2 Å². The summed E-state index contributed by atoms with van der Waals surface area (Å²) < 4.78 is 13.6. The number of carbonyl (C=O) groups excluding carboxylic acids is 3. The Balaban J connectivity index is 1.86. The number of halogens is 2. The van der Waals surface area contributed by atoms with Crippen molar-refractivity contribution in [1.29, 1.82) is 0 Å². The van der Waals surface area contributed by atoms with Crippen molar-refractivity contribution in [1.82, 2.24) is 15.1 Å². The Bertz CT molecular complexity index is 673. The van der Waals surface area contributed by atoms with E-state index in [1.54, 1.807) is 30.9 Å². The Morgan fingerprint density at radius 2 is 1.76 bits per heavy atom. The first-order valence-corrected chi connectivity index (χ1v) is 8.88. The number of hydrogen-bond donors (Lipinski definition) is 1. The van der Waals surface area contributed by atoms with Gasteiger partial charge in [-0.05, 0) is 47.5 Å². The van der Waals surface area contributed by atoms with Crippen molar-refractivity contribution in [3.8, 4) is 0 Å². The molecular weight excluding hydrogens is 393 g/mol. The lowest BCUT2D eigenvalue weighted by atomic mass is 10.1. The van der Waals surface area contributed by atoms with Gasteiger partial charge in [-0.1, -0.05) is 6.07 Å². The van der Waals surface area contributed by atoms with Gasteiger partial charge >= 0.3 is 11.8 Å². The fourth-order valence-electron chi connectivity index (χ4n) is 2.56. The molecule has 0 aromatic heterocycles. The molecule has 6 nitrogen and oxygen atoms in total. The van der Waals surface area contributed by atoms with Crippen molar-refractivity contribution in [2.24, 2.45) is 0 Å². The molecule has 1 aromatic rings. The number of carbonyl (C=O) groups is 3. The van der Waals surface area contributed by atoms with Crippen molar-refractivity contribution in [3.63, 3.8) is 0 Å². The molecule has 0 aliphatic carbocycles. The Kier molecular flexibility index (Phi) is 6.52. The third-order valence-corrected chi connectivity index (χ3v) is 4.48. The zero-order valence-corrected chi connectivity index (χ0v) is 15.8. The topological polar surface area (TPSA) is 69.7 Å². The number of rotatable bonds is 3. The minimum Gasteiger partial charge on any atom is -0.346 e. The lowest BCUT2D eigenvalue weighted by molar-refractivity contribution is -0.148. The van der Waals surface area contributed by atoms with Crippen LogP contribution in [0.4, 0.5) is 4.39 Å². The van der Waals surface area contributed by atoms with Crippen LogP contribution in [0.15, 0.2) is 22.7 Å². The molecule has 1 aliphatic heterocycles. The molecule has 0 radical (unpaired) electrons. The largest absolute Gasteiger partial charge is 0.346 e. The lowest BCUT2D eigenvalue weighted by Crippen LogP contribution is -2.54. The number of piperazine rings is 1. The highest BCUT2D eigenvalue weighted by atomic mass is 79.9. The van der Waals surface area contributed by atoms with E-state index < -0.39 is 11.8 Å². The van der Waals surface area contributed by atoms with Crippen LogP contribution in [0.3, 0.4) is 0 Å². The average Bonchev–Trinajstić information content (AvgIpc) is 2.57. The molecule has 1 fully saturated rings. The second-order valence-corrected chi connectivity index (χ2v) is 7.08. The summed E-state index contributed by atoms with van der Waals surface area (Å²) in [6.45, 7) is 4.97. The van der Waals surface area contributed by atoms with E-state index in [-0.39, 0.29) is 24.2 Å². The Labute approximate surface area is 154 Å². The van der Waals surface area contributed by atoms with Crippen LogP contribution in [-0.2, 0) is 20.8 Å². The predicted octanol–water partition coefficient (Wildman–Crippen LogP) is 1.33. The zero-order valence-electron chi connectivity index (χ0n) is 14.2. The first-order valence-electron chi connectivity index (χ1n) is 8.09. The zero-order chi connectivity index (χ0) is 18.6. The monoisotopic (exact) mass is 413 g/mol. The normalized spacial score (nSPS) is 14.6. The summed E-state index contributed by atoms with van der Waals surface area (Å²) >= 11 is 3.10. The van der Waals surface area contributed by atoms with Crippen molar-refractivity contribution >= 4 is 33.7 Å². The highest BCUT2D eigenvalue weighted by molar-refractivity contribution is 9.10. The highest BCUT2D eigenvalue weighted by Crippen LogP contribution is 2.18. The fourth-order valence-corrected chi connectivity index (χ4v) is 2.99. The van der Waals surface area contributed by atoms with E-state index >= 15 is 0 Å². The van der Waals surface area contributed by atoms with Gasteiger partial charge in [-0.15, -0.1) is 0 Å². The van der Waals surface area contributed by atoms with Gasteiger partial charge in [0.15, 0.2) is 0 Å². The summed E-state index contributed by atoms with van der Waals surface area (Å²) in [5.74, 6) is -1.64. The molecule has 25 heavy (non-hydrogen) atoms. The molecule has 0 saturated carbocycles. The molecule has 8 heteroatoms. The number of nitrogens with one attached hydrogen (secondary N) is 1. The lowest BCUT2D eigenvalue weighted by Gasteiger charge is -2.34. The van der Waals surface area contributed by atoms with Crippen molar-refractivity contribution in [2.75, 3.05) is 26.2 Å². The molecule has 1 N–H and O–H groups in total. The van der Waals surface area contributed by atoms with Gasteiger partial charge in [0, 0.05) is 32.2 Å². The molecule has 3 amide bonds. The van der Waals surface area contributed by atoms with Gasteiger partial charge in [-0.3, -0.25) is 14.4 Å². The quantitative estimate of drug-likeness (QED) is 0.759. The third-order valence-electron chi connectivity index (χ3n) is 3.87. The average molecular weight is 414 g/mol. The van der Waals surface area contributed by atoms with E-state index in [9.17, 15) is 18.8 Å². The highest BCUT2D eigenvalue weighted by Gasteiger charge is 2.28. The van der Waals surface area contributed by atoms with Crippen LogP contribution in [0.1, 0.15) is 19.4 Å². The number of nitrogens with zero attached hydrogens (tertiary/aromatic N) is 2. The summed E-state index contributed by atoms with van der Waals surface area (Å²) in [5, 5.41) is 2.57. The van der Waals surface area contributed by atoms with Crippen LogP contribution in [0, 0.1) is 5.82 Å². The summed E-state index contributed by atoms with van der Waals surface area (Å²) in [7, 11) is 0. The molecule has 1 aromatic carbocycles. The summed E-state index contributed by atoms with van der Waals surface area (Å²) in [6, 6.07) is 4.38. The van der Waals surface area contributed by atoms with Crippen molar-refractivity contribution in [2.45, 2.75) is 26.3 Å². The molecule has 0 bridgehead atoms. The maximum Gasteiger partial charge on any atom is 0.312 e. The molecule has 136 valence electrons. The maximum absolute atomic E-state index is 13.2. The second-order valence-electron chi connectivity index (χ2n) is 6.23. The van der Waals surface area contributed by atoms with Crippen LogP contribution in [0.5, 0.6) is 0 Å². The number of benzene rings is 1.